The number of carbonyl (C=O) groups is 1. The van der Waals surface area contributed by atoms with Gasteiger partial charge in [-0.2, -0.15) is 0 Å². The van der Waals surface area contributed by atoms with Crippen LogP contribution in [0.2, 0.25) is 0 Å². The average Bonchev–Trinajstić information content (AvgIpc) is 2.33. The Morgan fingerprint density at radius 3 is 2.44 bits per heavy atom. The molecule has 0 atom stereocenters. The molecule has 0 aliphatic rings. The van der Waals surface area contributed by atoms with Gasteiger partial charge in [0.15, 0.2) is 0 Å². The first-order valence-electron chi connectivity index (χ1n) is 6.88. The van der Waals surface area contributed by atoms with Gasteiger partial charge in [-0.3, -0.25) is 4.79 Å². The second-order valence-electron chi connectivity index (χ2n) is 4.29. The summed E-state index contributed by atoms with van der Waals surface area (Å²) in [5.41, 5.74) is 0. The number of rotatable bonds is 9. The Kier molecular flexibility index (Phi) is 11.3. The maximum Gasteiger partial charge on any atom is 0.308 e. The van der Waals surface area contributed by atoms with E-state index in [1.165, 1.54) is 32.6 Å². The predicted octanol–water partition coefficient (Wildman–Crippen LogP) is 4.93. The van der Waals surface area contributed by atoms with Crippen molar-refractivity contribution in [2.75, 3.05) is 0 Å². The lowest BCUT2D eigenvalue weighted by molar-refractivity contribution is -0.136. The second-order valence-corrected chi connectivity index (χ2v) is 4.29. The average molecular weight is 250 g/mol. The highest BCUT2D eigenvalue weighted by Crippen LogP contribution is 2.09. The third-order valence-corrected chi connectivity index (χ3v) is 2.48. The first kappa shape index (κ1) is 16.7. The molecule has 0 spiro atoms. The first-order chi connectivity index (χ1) is 8.70. The summed E-state index contributed by atoms with van der Waals surface area (Å²) in [5.74, 6) is 0.383. The van der Waals surface area contributed by atoms with Crippen LogP contribution in [0.15, 0.2) is 36.1 Å². The van der Waals surface area contributed by atoms with Crippen LogP contribution in [0.5, 0.6) is 0 Å². The molecular weight excluding hydrogens is 224 g/mol. The Morgan fingerprint density at radius 1 is 1.11 bits per heavy atom. The Labute approximate surface area is 111 Å². The molecule has 0 saturated carbocycles. The maximum absolute atomic E-state index is 10.9. The van der Waals surface area contributed by atoms with Crippen molar-refractivity contribution in [2.24, 2.45) is 0 Å². The van der Waals surface area contributed by atoms with E-state index in [9.17, 15) is 4.79 Å². The minimum atomic E-state index is -0.266. The van der Waals surface area contributed by atoms with Crippen LogP contribution in [0.1, 0.15) is 59.3 Å². The zero-order valence-corrected chi connectivity index (χ0v) is 11.9. The summed E-state index contributed by atoms with van der Waals surface area (Å²) < 4.78 is 5.13. The van der Waals surface area contributed by atoms with Gasteiger partial charge >= 0.3 is 5.97 Å². The molecule has 0 aliphatic heterocycles. The highest BCUT2D eigenvalue weighted by molar-refractivity contribution is 5.67. The van der Waals surface area contributed by atoms with E-state index in [1.54, 1.807) is 0 Å². The topological polar surface area (TPSA) is 26.3 Å². The van der Waals surface area contributed by atoms with Gasteiger partial charge in [0, 0.05) is 6.92 Å². The zero-order valence-electron chi connectivity index (χ0n) is 11.9. The predicted molar refractivity (Wildman–Crippen MR) is 77.2 cm³/mol. The summed E-state index contributed by atoms with van der Waals surface area (Å²) in [6, 6.07) is 0. The Hall–Kier alpha value is -1.31. The van der Waals surface area contributed by atoms with Crippen molar-refractivity contribution in [2.45, 2.75) is 59.3 Å². The fraction of sp³-hybridized carbons (Fsp3) is 0.562. The number of unbranched alkanes of at least 4 members (excludes halogenated alkanes) is 5. The lowest BCUT2D eigenvalue weighted by Crippen LogP contribution is -1.96. The van der Waals surface area contributed by atoms with E-state index in [0.29, 0.717) is 5.76 Å². The van der Waals surface area contributed by atoms with E-state index < -0.39 is 0 Å². The number of esters is 1. The normalized spacial score (nSPS) is 12.5. The van der Waals surface area contributed by atoms with Crippen molar-refractivity contribution in [3.63, 3.8) is 0 Å². The molecule has 0 aromatic rings. The lowest BCUT2D eigenvalue weighted by atomic mass is 10.1. The maximum atomic E-state index is 10.9. The summed E-state index contributed by atoms with van der Waals surface area (Å²) in [5, 5.41) is 0. The monoisotopic (exact) mass is 250 g/mol. The summed E-state index contributed by atoms with van der Waals surface area (Å²) in [4.78, 5) is 10.9. The quantitative estimate of drug-likeness (QED) is 0.251. The Morgan fingerprint density at radius 2 is 1.83 bits per heavy atom. The van der Waals surface area contributed by atoms with Crippen LogP contribution in [0.4, 0.5) is 0 Å². The van der Waals surface area contributed by atoms with E-state index in [-0.39, 0.29) is 5.97 Å². The largest absolute Gasteiger partial charge is 0.427 e. The van der Waals surface area contributed by atoms with Gasteiger partial charge < -0.3 is 4.74 Å². The summed E-state index contributed by atoms with van der Waals surface area (Å²) in [6.45, 7) is 5.59. The van der Waals surface area contributed by atoms with Crippen molar-refractivity contribution < 1.29 is 9.53 Å². The van der Waals surface area contributed by atoms with Crippen LogP contribution in [-0.4, -0.2) is 5.97 Å². The van der Waals surface area contributed by atoms with Crippen LogP contribution in [0, 0.1) is 0 Å². The molecule has 102 valence electrons. The molecule has 0 N–H and O–H groups in total. The Balaban J connectivity index is 4.07. The van der Waals surface area contributed by atoms with E-state index >= 15 is 0 Å². The molecule has 18 heavy (non-hydrogen) atoms. The van der Waals surface area contributed by atoms with Crippen LogP contribution in [-0.2, 0) is 9.53 Å². The van der Waals surface area contributed by atoms with Gasteiger partial charge in [-0.25, -0.2) is 0 Å². The number of hydrogen-bond donors (Lipinski definition) is 0. The minimum absolute atomic E-state index is 0.266. The van der Waals surface area contributed by atoms with Crippen LogP contribution < -0.4 is 0 Å². The molecule has 0 aromatic carbocycles. The lowest BCUT2D eigenvalue weighted by Gasteiger charge is -2.02. The highest BCUT2D eigenvalue weighted by Gasteiger charge is 1.97. The van der Waals surface area contributed by atoms with Crippen molar-refractivity contribution in [3.8, 4) is 0 Å². The smallest absolute Gasteiger partial charge is 0.308 e. The minimum Gasteiger partial charge on any atom is -0.427 e. The molecule has 2 heteroatoms. The van der Waals surface area contributed by atoms with Crippen LogP contribution in [0.3, 0.4) is 0 Å². The van der Waals surface area contributed by atoms with E-state index in [2.05, 4.69) is 6.92 Å². The number of ether oxygens (including phenoxy) is 1. The molecule has 0 aromatic heterocycles. The van der Waals surface area contributed by atoms with Gasteiger partial charge in [0.1, 0.15) is 5.76 Å². The van der Waals surface area contributed by atoms with Gasteiger partial charge in [0.25, 0.3) is 0 Å². The van der Waals surface area contributed by atoms with Crippen molar-refractivity contribution in [1.29, 1.82) is 0 Å². The Bertz CT molecular complexity index is 298. The molecule has 0 bridgehead atoms. The molecule has 0 saturated heterocycles. The van der Waals surface area contributed by atoms with E-state index in [1.807, 2.05) is 37.3 Å². The van der Waals surface area contributed by atoms with E-state index in [0.717, 1.165) is 12.8 Å². The molecule has 0 aliphatic carbocycles. The number of carbonyl (C=O) groups excluding carboxylic acids is 1. The zero-order chi connectivity index (χ0) is 13.6. The first-order valence-corrected chi connectivity index (χ1v) is 6.88. The molecule has 2 nitrogen and oxygen atoms in total. The molecule has 0 unspecified atom stereocenters. The van der Waals surface area contributed by atoms with Gasteiger partial charge in [-0.1, -0.05) is 50.8 Å². The standard InChI is InChI=1S/C16H26O2/c1-4-6-8-9-10-12-14-16(18-15(3)17)13-11-7-5-2/h5,7,11,13-14H,4,6,8-10,12H2,1-3H3/b7-5+,13-11+,16-14-. The molecule has 0 amide bonds. The van der Waals surface area contributed by atoms with Gasteiger partial charge in [-0.15, -0.1) is 0 Å². The molecule has 0 rings (SSSR count). The fourth-order valence-corrected chi connectivity index (χ4v) is 1.56. The summed E-state index contributed by atoms with van der Waals surface area (Å²) in [6.07, 6.45) is 16.8. The SMILES string of the molecule is C/C=C/C=C/C(=C/CCCCCCC)OC(C)=O. The van der Waals surface area contributed by atoms with Gasteiger partial charge in [-0.05, 0) is 31.9 Å². The second kappa shape index (κ2) is 12.2. The third kappa shape index (κ3) is 11.2. The van der Waals surface area contributed by atoms with Gasteiger partial charge in [0.2, 0.25) is 0 Å². The van der Waals surface area contributed by atoms with Crippen molar-refractivity contribution in [3.05, 3.63) is 36.1 Å². The summed E-state index contributed by atoms with van der Waals surface area (Å²) in [7, 11) is 0. The molecule has 0 radical (unpaired) electrons. The van der Waals surface area contributed by atoms with Crippen molar-refractivity contribution >= 4 is 5.97 Å². The van der Waals surface area contributed by atoms with Crippen molar-refractivity contribution in [1.82, 2.24) is 0 Å². The molecular formula is C16H26O2. The van der Waals surface area contributed by atoms with Crippen LogP contribution >= 0.6 is 0 Å². The molecule has 0 heterocycles. The van der Waals surface area contributed by atoms with Gasteiger partial charge in [0.05, 0.1) is 0 Å². The number of hydrogen-bond acceptors (Lipinski definition) is 2. The molecule has 0 fully saturated rings. The fourth-order valence-electron chi connectivity index (χ4n) is 1.56. The van der Waals surface area contributed by atoms with Crippen LogP contribution in [0.25, 0.3) is 0 Å². The third-order valence-electron chi connectivity index (χ3n) is 2.48. The van der Waals surface area contributed by atoms with E-state index in [4.69, 9.17) is 4.74 Å². The summed E-state index contributed by atoms with van der Waals surface area (Å²) >= 11 is 0. The highest BCUT2D eigenvalue weighted by atomic mass is 16.5. The number of allylic oxidation sites excluding steroid dienone is 5.